The maximum atomic E-state index is 6.02. The van der Waals surface area contributed by atoms with Gasteiger partial charge in [0.2, 0.25) is 0 Å². The maximum absolute atomic E-state index is 6.02. The van der Waals surface area contributed by atoms with Crippen LogP contribution >= 0.6 is 24.0 Å². The lowest BCUT2D eigenvalue weighted by molar-refractivity contribution is 0.0674. The third-order valence-corrected chi connectivity index (χ3v) is 3.34. The number of nitrogens with zero attached hydrogens (tertiary/aromatic N) is 5. The molecule has 0 aliphatic carbocycles. The number of morpholine rings is 1. The molecule has 0 radical (unpaired) electrons. The van der Waals surface area contributed by atoms with Gasteiger partial charge in [-0.05, 0) is 12.1 Å². The topological polar surface area (TPSA) is 81.6 Å². The molecule has 1 aliphatic heterocycles. The zero-order valence-electron chi connectivity index (χ0n) is 12.1. The second kappa shape index (κ2) is 8.08. The van der Waals surface area contributed by atoms with Gasteiger partial charge in [-0.2, -0.15) is 5.10 Å². The van der Waals surface area contributed by atoms with E-state index in [4.69, 9.17) is 10.5 Å². The first kappa shape index (κ1) is 16.7. The first-order valence-electron chi connectivity index (χ1n) is 6.91. The largest absolute Gasteiger partial charge is 0.378 e. The Balaban J connectivity index is 0.00000176. The van der Waals surface area contributed by atoms with Crippen LogP contribution in [0.5, 0.6) is 0 Å². The monoisotopic (exact) mass is 414 g/mol. The van der Waals surface area contributed by atoms with Crippen molar-refractivity contribution in [3.8, 4) is 5.69 Å². The van der Waals surface area contributed by atoms with Gasteiger partial charge in [-0.3, -0.25) is 0 Å². The quantitative estimate of drug-likeness (QED) is 0.461. The number of guanidine groups is 1. The van der Waals surface area contributed by atoms with Gasteiger partial charge in [0, 0.05) is 13.1 Å². The molecule has 1 saturated heterocycles. The van der Waals surface area contributed by atoms with Crippen LogP contribution in [-0.4, -0.2) is 51.9 Å². The number of aromatic nitrogens is 3. The third kappa shape index (κ3) is 3.95. The van der Waals surface area contributed by atoms with E-state index in [1.165, 1.54) is 6.33 Å². The van der Waals surface area contributed by atoms with Crippen LogP contribution in [0.1, 0.15) is 5.82 Å². The molecule has 2 N–H and O–H groups in total. The molecule has 118 valence electrons. The number of hydrogen-bond donors (Lipinski definition) is 1. The van der Waals surface area contributed by atoms with E-state index in [1.807, 2.05) is 35.2 Å². The fourth-order valence-corrected chi connectivity index (χ4v) is 2.20. The average Bonchev–Trinajstić information content (AvgIpc) is 3.03. The summed E-state index contributed by atoms with van der Waals surface area (Å²) >= 11 is 0. The molecule has 0 spiro atoms. The van der Waals surface area contributed by atoms with Gasteiger partial charge in [0.25, 0.3) is 0 Å². The van der Waals surface area contributed by atoms with Gasteiger partial charge >= 0.3 is 0 Å². The molecule has 0 saturated carbocycles. The van der Waals surface area contributed by atoms with Crippen LogP contribution < -0.4 is 5.73 Å². The Kier molecular flexibility index (Phi) is 6.13. The van der Waals surface area contributed by atoms with Crippen LogP contribution in [0.4, 0.5) is 0 Å². The van der Waals surface area contributed by atoms with Crippen molar-refractivity contribution in [2.24, 2.45) is 10.7 Å². The number of nitrogens with two attached hydrogens (primary N) is 1. The summed E-state index contributed by atoms with van der Waals surface area (Å²) in [5.41, 5.74) is 6.98. The number of halogens is 1. The van der Waals surface area contributed by atoms with Gasteiger partial charge in [0.1, 0.15) is 12.9 Å². The fourth-order valence-electron chi connectivity index (χ4n) is 2.20. The summed E-state index contributed by atoms with van der Waals surface area (Å²) in [5, 5.41) is 4.24. The van der Waals surface area contributed by atoms with Crippen LogP contribution in [0.25, 0.3) is 5.69 Å². The standard InChI is InChI=1S/C14H18N6O.HI/c15-14(19-6-8-21-9-7-19)16-10-13-17-11-18-20(13)12-4-2-1-3-5-12;/h1-5,11H,6-10H2,(H2,15,16);1H. The van der Waals surface area contributed by atoms with Crippen LogP contribution in [0.3, 0.4) is 0 Å². The molecule has 2 heterocycles. The number of para-hydroxylation sites is 1. The van der Waals surface area contributed by atoms with Crippen molar-refractivity contribution < 1.29 is 4.74 Å². The van der Waals surface area contributed by atoms with Gasteiger partial charge < -0.3 is 15.4 Å². The van der Waals surface area contributed by atoms with E-state index in [0.717, 1.165) is 24.6 Å². The predicted octanol–water partition coefficient (Wildman–Crippen LogP) is 1.03. The van der Waals surface area contributed by atoms with E-state index >= 15 is 0 Å². The molecule has 0 bridgehead atoms. The zero-order chi connectivity index (χ0) is 14.5. The molecule has 2 aromatic rings. The molecular weight excluding hydrogens is 395 g/mol. The molecule has 1 fully saturated rings. The lowest BCUT2D eigenvalue weighted by Gasteiger charge is -2.27. The lowest BCUT2D eigenvalue weighted by atomic mass is 10.3. The van der Waals surface area contributed by atoms with Gasteiger partial charge in [-0.25, -0.2) is 14.7 Å². The minimum Gasteiger partial charge on any atom is -0.378 e. The van der Waals surface area contributed by atoms with Crippen molar-refractivity contribution >= 4 is 29.9 Å². The Bertz CT molecular complexity index is 609. The highest BCUT2D eigenvalue weighted by molar-refractivity contribution is 14.0. The molecule has 3 rings (SSSR count). The SMILES string of the molecule is I.NC(=NCc1ncnn1-c1ccccc1)N1CCOCC1. The van der Waals surface area contributed by atoms with Crippen molar-refractivity contribution in [1.82, 2.24) is 19.7 Å². The fraction of sp³-hybridized carbons (Fsp3) is 0.357. The first-order chi connectivity index (χ1) is 10.3. The Morgan fingerprint density at radius 3 is 2.68 bits per heavy atom. The molecule has 22 heavy (non-hydrogen) atoms. The average molecular weight is 414 g/mol. The number of benzene rings is 1. The van der Waals surface area contributed by atoms with Gasteiger partial charge in [0.05, 0.1) is 18.9 Å². The summed E-state index contributed by atoms with van der Waals surface area (Å²) in [6.45, 7) is 3.34. The molecule has 7 nitrogen and oxygen atoms in total. The summed E-state index contributed by atoms with van der Waals surface area (Å²) in [5.74, 6) is 1.29. The van der Waals surface area contributed by atoms with E-state index in [2.05, 4.69) is 15.1 Å². The Hall–Kier alpha value is -1.68. The highest BCUT2D eigenvalue weighted by Crippen LogP contribution is 2.08. The van der Waals surface area contributed by atoms with Crippen molar-refractivity contribution in [2.75, 3.05) is 26.3 Å². The van der Waals surface area contributed by atoms with E-state index in [0.29, 0.717) is 25.7 Å². The summed E-state index contributed by atoms with van der Waals surface area (Å²) in [7, 11) is 0. The van der Waals surface area contributed by atoms with Gasteiger partial charge in [-0.1, -0.05) is 18.2 Å². The molecule has 1 aromatic heterocycles. The smallest absolute Gasteiger partial charge is 0.191 e. The normalized spacial score (nSPS) is 15.5. The summed E-state index contributed by atoms with van der Waals surface area (Å²) in [4.78, 5) is 10.7. The van der Waals surface area contributed by atoms with Crippen LogP contribution in [0, 0.1) is 0 Å². The number of rotatable bonds is 3. The molecule has 1 aliphatic rings. The number of ether oxygens (including phenoxy) is 1. The number of hydrogen-bond acceptors (Lipinski definition) is 4. The van der Waals surface area contributed by atoms with Crippen molar-refractivity contribution in [3.05, 3.63) is 42.5 Å². The van der Waals surface area contributed by atoms with E-state index in [-0.39, 0.29) is 24.0 Å². The molecule has 0 atom stereocenters. The van der Waals surface area contributed by atoms with Gasteiger partial charge in [0.15, 0.2) is 11.8 Å². The Labute approximate surface area is 146 Å². The van der Waals surface area contributed by atoms with E-state index < -0.39 is 0 Å². The van der Waals surface area contributed by atoms with E-state index in [1.54, 1.807) is 4.68 Å². The number of aliphatic imine (C=N–C) groups is 1. The lowest BCUT2D eigenvalue weighted by Crippen LogP contribution is -2.44. The van der Waals surface area contributed by atoms with Crippen molar-refractivity contribution in [3.63, 3.8) is 0 Å². The zero-order valence-corrected chi connectivity index (χ0v) is 14.5. The Morgan fingerprint density at radius 2 is 1.95 bits per heavy atom. The minimum absolute atomic E-state index is 0. The molecular formula is C14H19IN6O. The van der Waals surface area contributed by atoms with Crippen molar-refractivity contribution in [1.29, 1.82) is 0 Å². The molecule has 8 heteroatoms. The summed E-state index contributed by atoms with van der Waals surface area (Å²) < 4.78 is 7.07. The highest BCUT2D eigenvalue weighted by atomic mass is 127. The molecule has 0 amide bonds. The Morgan fingerprint density at radius 1 is 1.23 bits per heavy atom. The second-order valence-electron chi connectivity index (χ2n) is 4.70. The van der Waals surface area contributed by atoms with E-state index in [9.17, 15) is 0 Å². The maximum Gasteiger partial charge on any atom is 0.191 e. The van der Waals surface area contributed by atoms with Crippen molar-refractivity contribution in [2.45, 2.75) is 6.54 Å². The highest BCUT2D eigenvalue weighted by Gasteiger charge is 2.13. The summed E-state index contributed by atoms with van der Waals surface area (Å²) in [6.07, 6.45) is 1.53. The molecule has 0 unspecified atom stereocenters. The third-order valence-electron chi connectivity index (χ3n) is 3.34. The first-order valence-corrected chi connectivity index (χ1v) is 6.91. The minimum atomic E-state index is 0. The predicted molar refractivity (Wildman–Crippen MR) is 94.5 cm³/mol. The molecule has 1 aromatic carbocycles. The summed E-state index contributed by atoms with van der Waals surface area (Å²) in [6, 6.07) is 9.85. The van der Waals surface area contributed by atoms with Crippen LogP contribution in [-0.2, 0) is 11.3 Å². The second-order valence-corrected chi connectivity index (χ2v) is 4.70. The van der Waals surface area contributed by atoms with Crippen LogP contribution in [0.15, 0.2) is 41.7 Å². The van der Waals surface area contributed by atoms with Crippen LogP contribution in [0.2, 0.25) is 0 Å². The van der Waals surface area contributed by atoms with Gasteiger partial charge in [-0.15, -0.1) is 24.0 Å².